The maximum absolute atomic E-state index is 13.8. The van der Waals surface area contributed by atoms with Crippen LogP contribution in [0.1, 0.15) is 15.9 Å². The van der Waals surface area contributed by atoms with E-state index in [0.717, 1.165) is 17.7 Å². The standard InChI is InChI=1S/C14H11F2NO3S/c1-9-2-4-10(5-3-9)21(19,20)17-13-7-6-12(15)11(8-18)14(13)16/h2-8,17H,1H3. The van der Waals surface area contributed by atoms with Gasteiger partial charge in [-0.1, -0.05) is 17.7 Å². The fourth-order valence-corrected chi connectivity index (χ4v) is 2.74. The Morgan fingerprint density at radius 3 is 2.24 bits per heavy atom. The molecule has 1 N–H and O–H groups in total. The zero-order valence-corrected chi connectivity index (χ0v) is 11.7. The molecule has 0 unspecified atom stereocenters. The van der Waals surface area contributed by atoms with E-state index in [1.54, 1.807) is 19.1 Å². The number of carbonyl (C=O) groups is 1. The van der Waals surface area contributed by atoms with Gasteiger partial charge in [-0.3, -0.25) is 9.52 Å². The highest BCUT2D eigenvalue weighted by molar-refractivity contribution is 7.92. The first kappa shape index (κ1) is 15.1. The summed E-state index contributed by atoms with van der Waals surface area (Å²) >= 11 is 0. The van der Waals surface area contributed by atoms with Crippen LogP contribution in [0.15, 0.2) is 41.3 Å². The Labute approximate surface area is 120 Å². The van der Waals surface area contributed by atoms with Gasteiger partial charge in [0.15, 0.2) is 12.1 Å². The number of carbonyl (C=O) groups excluding carboxylic acids is 1. The summed E-state index contributed by atoms with van der Waals surface area (Å²) in [6, 6.07) is 7.64. The number of aldehydes is 1. The van der Waals surface area contributed by atoms with Crippen LogP contribution in [0.4, 0.5) is 14.5 Å². The van der Waals surface area contributed by atoms with E-state index in [0.29, 0.717) is 0 Å². The smallest absolute Gasteiger partial charge is 0.261 e. The number of aryl methyl sites for hydroxylation is 1. The molecule has 0 fully saturated rings. The van der Waals surface area contributed by atoms with Crippen molar-refractivity contribution >= 4 is 22.0 Å². The monoisotopic (exact) mass is 311 g/mol. The second-order valence-electron chi connectivity index (χ2n) is 4.36. The lowest BCUT2D eigenvalue weighted by Crippen LogP contribution is -2.15. The lowest BCUT2D eigenvalue weighted by Gasteiger charge is -2.10. The minimum absolute atomic E-state index is 0.00561. The van der Waals surface area contributed by atoms with Gasteiger partial charge in [0.25, 0.3) is 10.0 Å². The normalized spacial score (nSPS) is 11.2. The summed E-state index contributed by atoms with van der Waals surface area (Å²) in [6.45, 7) is 1.79. The van der Waals surface area contributed by atoms with Crippen molar-refractivity contribution in [2.45, 2.75) is 11.8 Å². The summed E-state index contributed by atoms with van der Waals surface area (Å²) in [6.07, 6.45) is -0.00561. The third-order valence-electron chi connectivity index (χ3n) is 2.82. The Morgan fingerprint density at radius 1 is 1.05 bits per heavy atom. The number of benzene rings is 2. The number of hydrogen-bond donors (Lipinski definition) is 1. The van der Waals surface area contributed by atoms with Gasteiger partial charge in [-0.05, 0) is 31.2 Å². The fraction of sp³-hybridized carbons (Fsp3) is 0.0714. The van der Waals surface area contributed by atoms with Crippen molar-refractivity contribution in [3.63, 3.8) is 0 Å². The highest BCUT2D eigenvalue weighted by Crippen LogP contribution is 2.23. The first-order chi connectivity index (χ1) is 9.85. The molecule has 0 saturated heterocycles. The van der Waals surface area contributed by atoms with Crippen LogP contribution in [-0.2, 0) is 10.0 Å². The molecule has 0 aliphatic rings. The first-order valence-electron chi connectivity index (χ1n) is 5.88. The number of anilines is 1. The maximum atomic E-state index is 13.8. The third kappa shape index (κ3) is 3.08. The molecule has 2 aromatic rings. The van der Waals surface area contributed by atoms with Crippen molar-refractivity contribution in [2.24, 2.45) is 0 Å². The quantitative estimate of drug-likeness (QED) is 0.883. The number of nitrogens with one attached hydrogen (secondary N) is 1. The summed E-state index contributed by atoms with van der Waals surface area (Å²) in [4.78, 5) is 10.6. The predicted molar refractivity (Wildman–Crippen MR) is 73.7 cm³/mol. The summed E-state index contributed by atoms with van der Waals surface area (Å²) in [5, 5.41) is 0. The topological polar surface area (TPSA) is 63.2 Å². The number of halogens is 2. The Hall–Kier alpha value is -2.28. The van der Waals surface area contributed by atoms with Crippen molar-refractivity contribution in [1.29, 1.82) is 0 Å². The van der Waals surface area contributed by atoms with Crippen molar-refractivity contribution in [1.82, 2.24) is 0 Å². The molecule has 0 atom stereocenters. The molecule has 0 heterocycles. The van der Waals surface area contributed by atoms with Crippen molar-refractivity contribution in [3.05, 3.63) is 59.2 Å². The molecule has 0 aliphatic heterocycles. The Bertz CT molecular complexity index is 787. The van der Waals surface area contributed by atoms with E-state index in [2.05, 4.69) is 0 Å². The van der Waals surface area contributed by atoms with Crippen LogP contribution in [0.25, 0.3) is 0 Å². The molecule has 0 bridgehead atoms. The van der Waals surface area contributed by atoms with Crippen LogP contribution in [0.3, 0.4) is 0 Å². The molecule has 0 amide bonds. The fourth-order valence-electron chi connectivity index (χ4n) is 1.68. The van der Waals surface area contributed by atoms with Gasteiger partial charge in [0.1, 0.15) is 5.82 Å². The van der Waals surface area contributed by atoms with Crippen LogP contribution in [0.5, 0.6) is 0 Å². The van der Waals surface area contributed by atoms with Gasteiger partial charge >= 0.3 is 0 Å². The molecule has 4 nitrogen and oxygen atoms in total. The van der Waals surface area contributed by atoms with E-state index in [-0.39, 0.29) is 11.2 Å². The Kier molecular flexibility index (Phi) is 4.04. The number of sulfonamides is 1. The van der Waals surface area contributed by atoms with E-state index in [9.17, 15) is 22.0 Å². The Morgan fingerprint density at radius 2 is 1.67 bits per heavy atom. The van der Waals surface area contributed by atoms with E-state index in [4.69, 9.17) is 0 Å². The van der Waals surface area contributed by atoms with Gasteiger partial charge in [-0.25, -0.2) is 17.2 Å². The molecule has 0 radical (unpaired) electrons. The van der Waals surface area contributed by atoms with Crippen molar-refractivity contribution < 1.29 is 22.0 Å². The van der Waals surface area contributed by atoms with E-state index in [1.165, 1.54) is 12.1 Å². The summed E-state index contributed by atoms with van der Waals surface area (Å²) in [5.74, 6) is -2.30. The molecule has 0 spiro atoms. The molecule has 0 aliphatic carbocycles. The lowest BCUT2D eigenvalue weighted by atomic mass is 10.2. The summed E-state index contributed by atoms with van der Waals surface area (Å²) in [7, 11) is -4.02. The van der Waals surface area contributed by atoms with Crippen molar-refractivity contribution in [2.75, 3.05) is 4.72 Å². The average Bonchev–Trinajstić information content (AvgIpc) is 2.43. The van der Waals surface area contributed by atoms with Gasteiger partial charge in [0.2, 0.25) is 0 Å². The Balaban J connectivity index is 2.42. The minimum atomic E-state index is -4.02. The zero-order valence-electron chi connectivity index (χ0n) is 10.9. The molecule has 2 aromatic carbocycles. The van der Waals surface area contributed by atoms with Crippen LogP contribution in [0, 0.1) is 18.6 Å². The second-order valence-corrected chi connectivity index (χ2v) is 6.04. The predicted octanol–water partition coefficient (Wildman–Crippen LogP) is 2.89. The average molecular weight is 311 g/mol. The summed E-state index contributed by atoms with van der Waals surface area (Å²) < 4.78 is 53.2. The number of hydrogen-bond acceptors (Lipinski definition) is 3. The SMILES string of the molecule is Cc1ccc(S(=O)(=O)Nc2ccc(F)c(C=O)c2F)cc1. The minimum Gasteiger partial charge on any atom is -0.298 e. The van der Waals surface area contributed by atoms with Crippen LogP contribution in [0.2, 0.25) is 0 Å². The van der Waals surface area contributed by atoms with Gasteiger partial charge in [0, 0.05) is 0 Å². The molecule has 0 aromatic heterocycles. The molecular weight excluding hydrogens is 300 g/mol. The van der Waals surface area contributed by atoms with Gasteiger partial charge in [0.05, 0.1) is 16.1 Å². The molecule has 7 heteroatoms. The maximum Gasteiger partial charge on any atom is 0.261 e. The largest absolute Gasteiger partial charge is 0.298 e. The lowest BCUT2D eigenvalue weighted by molar-refractivity contribution is 0.111. The molecule has 110 valence electrons. The second kappa shape index (κ2) is 5.61. The van der Waals surface area contributed by atoms with Gasteiger partial charge in [-0.15, -0.1) is 0 Å². The van der Waals surface area contributed by atoms with Crippen LogP contribution in [-0.4, -0.2) is 14.7 Å². The van der Waals surface area contributed by atoms with E-state index in [1.807, 2.05) is 4.72 Å². The van der Waals surface area contributed by atoms with E-state index < -0.39 is 32.9 Å². The molecule has 0 saturated carbocycles. The van der Waals surface area contributed by atoms with Crippen LogP contribution < -0.4 is 4.72 Å². The zero-order chi connectivity index (χ0) is 15.6. The third-order valence-corrected chi connectivity index (χ3v) is 4.20. The molecular formula is C14H11F2NO3S. The first-order valence-corrected chi connectivity index (χ1v) is 7.36. The van der Waals surface area contributed by atoms with Crippen molar-refractivity contribution in [3.8, 4) is 0 Å². The molecule has 2 rings (SSSR count). The van der Waals surface area contributed by atoms with Crippen LogP contribution >= 0.6 is 0 Å². The molecule has 21 heavy (non-hydrogen) atoms. The highest BCUT2D eigenvalue weighted by Gasteiger charge is 2.19. The van der Waals surface area contributed by atoms with Gasteiger partial charge < -0.3 is 0 Å². The van der Waals surface area contributed by atoms with Gasteiger partial charge in [-0.2, -0.15) is 0 Å². The highest BCUT2D eigenvalue weighted by atomic mass is 32.2. The van der Waals surface area contributed by atoms with E-state index >= 15 is 0 Å². The summed E-state index contributed by atoms with van der Waals surface area (Å²) in [5.41, 5.74) is -0.441. The number of rotatable bonds is 4.